The number of rotatable bonds is 6. The first-order chi connectivity index (χ1) is 13.4. The van der Waals surface area contributed by atoms with Gasteiger partial charge in [-0.1, -0.05) is 29.8 Å². The summed E-state index contributed by atoms with van der Waals surface area (Å²) in [5, 5.41) is 2.99. The number of piperidine rings is 1. The maximum atomic E-state index is 12.9. The Hall–Kier alpha value is -1.68. The molecule has 1 amide bonds. The van der Waals surface area contributed by atoms with Crippen molar-refractivity contribution in [2.45, 2.75) is 41.5 Å². The molecule has 10 heteroatoms. The number of thioether (sulfide) groups is 1. The summed E-state index contributed by atoms with van der Waals surface area (Å²) in [6.07, 6.45) is 5.95. The van der Waals surface area contributed by atoms with Gasteiger partial charge in [-0.2, -0.15) is 4.31 Å². The van der Waals surface area contributed by atoms with E-state index in [1.54, 1.807) is 25.4 Å². The number of anilines is 1. The van der Waals surface area contributed by atoms with Crippen LogP contribution in [0.5, 0.6) is 0 Å². The van der Waals surface area contributed by atoms with Crippen LogP contribution in [-0.2, 0) is 14.8 Å². The number of aromatic nitrogens is 2. The fraction of sp³-hybridized carbons (Fsp3) is 0.389. The molecule has 7 nitrogen and oxygen atoms in total. The highest BCUT2D eigenvalue weighted by atomic mass is 35.5. The molecule has 2 aromatic rings. The summed E-state index contributed by atoms with van der Waals surface area (Å²) in [5.74, 6) is -0.313. The second kappa shape index (κ2) is 9.21. The number of nitrogens with one attached hydrogen (secondary N) is 1. The van der Waals surface area contributed by atoms with E-state index in [-0.39, 0.29) is 21.5 Å². The molecule has 0 spiro atoms. The maximum Gasteiger partial charge on any atom is 0.243 e. The van der Waals surface area contributed by atoms with E-state index in [9.17, 15) is 13.2 Å². The van der Waals surface area contributed by atoms with Crippen LogP contribution >= 0.6 is 23.4 Å². The zero-order valence-corrected chi connectivity index (χ0v) is 17.7. The van der Waals surface area contributed by atoms with Crippen LogP contribution in [0.15, 0.2) is 46.7 Å². The minimum absolute atomic E-state index is 0.126. The number of sulfonamides is 1. The van der Waals surface area contributed by atoms with Crippen molar-refractivity contribution in [3.63, 3.8) is 0 Å². The van der Waals surface area contributed by atoms with Gasteiger partial charge >= 0.3 is 0 Å². The van der Waals surface area contributed by atoms with Crippen LogP contribution in [0.1, 0.15) is 26.2 Å². The first-order valence-electron chi connectivity index (χ1n) is 8.92. The quantitative estimate of drug-likeness (QED) is 0.546. The lowest BCUT2D eigenvalue weighted by molar-refractivity contribution is -0.115. The number of amides is 1. The van der Waals surface area contributed by atoms with Crippen molar-refractivity contribution >= 4 is 45.0 Å². The summed E-state index contributed by atoms with van der Waals surface area (Å²) in [6.45, 7) is 2.74. The number of hydrogen-bond donors (Lipinski definition) is 1. The van der Waals surface area contributed by atoms with Crippen molar-refractivity contribution in [2.75, 3.05) is 18.4 Å². The van der Waals surface area contributed by atoms with E-state index in [4.69, 9.17) is 11.6 Å². The lowest BCUT2D eigenvalue weighted by atomic mass is 10.2. The standard InChI is InChI=1S/C18H21ClN4O3S2/c1-13(27-18-20-8-5-9-21-18)17(24)22-16-12-14(6-7-15(16)19)28(25,26)23-10-3-2-4-11-23/h5-9,12-13H,2-4,10-11H2,1H3,(H,22,24)/t13-/m0/s1. The number of halogens is 1. The molecular formula is C18H21ClN4O3S2. The lowest BCUT2D eigenvalue weighted by Crippen LogP contribution is -2.35. The predicted molar refractivity (Wildman–Crippen MR) is 110 cm³/mol. The molecule has 0 radical (unpaired) electrons. The first-order valence-corrected chi connectivity index (χ1v) is 11.6. The Labute approximate surface area is 173 Å². The molecule has 1 aromatic heterocycles. The molecule has 1 aromatic carbocycles. The van der Waals surface area contributed by atoms with Gasteiger partial charge < -0.3 is 5.32 Å². The molecule has 1 fully saturated rings. The fourth-order valence-corrected chi connectivity index (χ4v) is 5.24. The second-order valence-electron chi connectivity index (χ2n) is 6.39. The molecule has 1 aliphatic heterocycles. The molecule has 1 N–H and O–H groups in total. The van der Waals surface area contributed by atoms with Crippen molar-refractivity contribution in [2.24, 2.45) is 0 Å². The van der Waals surface area contributed by atoms with E-state index in [1.807, 2.05) is 0 Å². The molecule has 2 heterocycles. The van der Waals surface area contributed by atoms with Crippen LogP contribution in [0.2, 0.25) is 5.02 Å². The SMILES string of the molecule is C[C@H](Sc1ncccn1)C(=O)Nc1cc(S(=O)(=O)N2CCCCC2)ccc1Cl. The Morgan fingerprint density at radius 2 is 1.89 bits per heavy atom. The number of carbonyl (C=O) groups is 1. The Morgan fingerprint density at radius 3 is 2.57 bits per heavy atom. The third-order valence-electron chi connectivity index (χ3n) is 4.34. The van der Waals surface area contributed by atoms with Crippen LogP contribution in [-0.4, -0.2) is 46.9 Å². The van der Waals surface area contributed by atoms with Gasteiger partial charge in [0.25, 0.3) is 0 Å². The van der Waals surface area contributed by atoms with Gasteiger partial charge in [-0.15, -0.1) is 0 Å². The minimum atomic E-state index is -3.61. The summed E-state index contributed by atoms with van der Waals surface area (Å²) in [7, 11) is -3.61. The monoisotopic (exact) mass is 440 g/mol. The van der Waals surface area contributed by atoms with Crippen molar-refractivity contribution < 1.29 is 13.2 Å². The summed E-state index contributed by atoms with van der Waals surface area (Å²) in [6, 6.07) is 6.08. The highest BCUT2D eigenvalue weighted by molar-refractivity contribution is 8.00. The van der Waals surface area contributed by atoms with Gasteiger partial charge in [0.05, 0.1) is 20.9 Å². The Bertz CT molecular complexity index is 935. The molecule has 0 saturated carbocycles. The van der Waals surface area contributed by atoms with Crippen LogP contribution in [0.3, 0.4) is 0 Å². The molecule has 0 bridgehead atoms. The smallest absolute Gasteiger partial charge is 0.243 e. The highest BCUT2D eigenvalue weighted by Gasteiger charge is 2.27. The van der Waals surface area contributed by atoms with Crippen LogP contribution in [0.4, 0.5) is 5.69 Å². The average molecular weight is 441 g/mol. The van der Waals surface area contributed by atoms with Crippen LogP contribution in [0.25, 0.3) is 0 Å². The largest absolute Gasteiger partial charge is 0.324 e. The molecule has 0 aliphatic carbocycles. The van der Waals surface area contributed by atoms with E-state index in [1.165, 1.54) is 34.3 Å². The average Bonchev–Trinajstić information content (AvgIpc) is 2.71. The molecule has 1 atom stereocenters. The number of benzene rings is 1. The fourth-order valence-electron chi connectivity index (χ4n) is 2.81. The van der Waals surface area contributed by atoms with Gasteiger partial charge in [-0.25, -0.2) is 18.4 Å². The topological polar surface area (TPSA) is 92.3 Å². The zero-order chi connectivity index (χ0) is 20.1. The van der Waals surface area contributed by atoms with E-state index >= 15 is 0 Å². The molecule has 0 unspecified atom stereocenters. The number of hydrogen-bond acceptors (Lipinski definition) is 6. The lowest BCUT2D eigenvalue weighted by Gasteiger charge is -2.26. The maximum absolute atomic E-state index is 12.9. The minimum Gasteiger partial charge on any atom is -0.324 e. The van der Waals surface area contributed by atoms with Crippen molar-refractivity contribution in [1.82, 2.24) is 14.3 Å². The van der Waals surface area contributed by atoms with Gasteiger partial charge in [-0.3, -0.25) is 4.79 Å². The zero-order valence-electron chi connectivity index (χ0n) is 15.3. The van der Waals surface area contributed by atoms with Crippen molar-refractivity contribution in [1.29, 1.82) is 0 Å². The third-order valence-corrected chi connectivity index (χ3v) is 7.56. The van der Waals surface area contributed by atoms with E-state index in [0.29, 0.717) is 18.2 Å². The summed E-state index contributed by atoms with van der Waals surface area (Å²) < 4.78 is 27.2. The highest BCUT2D eigenvalue weighted by Crippen LogP contribution is 2.29. The van der Waals surface area contributed by atoms with Gasteiger partial charge in [0.2, 0.25) is 15.9 Å². The van der Waals surface area contributed by atoms with Crippen LogP contribution < -0.4 is 5.32 Å². The molecule has 1 aliphatic rings. The summed E-state index contributed by atoms with van der Waals surface area (Å²) >= 11 is 7.39. The first kappa shape index (κ1) is 21.0. The Morgan fingerprint density at radius 1 is 1.21 bits per heavy atom. The number of nitrogens with zero attached hydrogens (tertiary/aromatic N) is 3. The molecule has 3 rings (SSSR count). The van der Waals surface area contributed by atoms with Crippen molar-refractivity contribution in [3.8, 4) is 0 Å². The Kier molecular flexibility index (Phi) is 6.92. The molecular weight excluding hydrogens is 420 g/mol. The summed E-state index contributed by atoms with van der Waals surface area (Å²) in [5.41, 5.74) is 0.270. The second-order valence-corrected chi connectivity index (χ2v) is 10.0. The molecule has 1 saturated heterocycles. The van der Waals surface area contributed by atoms with Gasteiger partial charge in [-0.05, 0) is 44.0 Å². The summed E-state index contributed by atoms with van der Waals surface area (Å²) in [4.78, 5) is 20.8. The molecule has 150 valence electrons. The van der Waals surface area contributed by atoms with Gasteiger partial charge in [0.1, 0.15) is 0 Å². The van der Waals surface area contributed by atoms with E-state index < -0.39 is 15.3 Å². The van der Waals surface area contributed by atoms with Crippen molar-refractivity contribution in [3.05, 3.63) is 41.7 Å². The van der Waals surface area contributed by atoms with E-state index in [0.717, 1.165) is 19.3 Å². The number of carbonyl (C=O) groups excluding carboxylic acids is 1. The van der Waals surface area contributed by atoms with Gasteiger partial charge in [0.15, 0.2) is 5.16 Å². The van der Waals surface area contributed by atoms with E-state index in [2.05, 4.69) is 15.3 Å². The third kappa shape index (κ3) is 5.02. The van der Waals surface area contributed by atoms with Crippen LogP contribution in [0, 0.1) is 0 Å². The van der Waals surface area contributed by atoms with Gasteiger partial charge in [0, 0.05) is 25.5 Å². The predicted octanol–water partition coefficient (Wildman–Crippen LogP) is 3.42. The Balaban J connectivity index is 1.75. The normalized spacial score (nSPS) is 16.5. The molecule has 28 heavy (non-hydrogen) atoms.